The number of nitrogens with zero attached hydrogens (tertiary/aromatic N) is 4. The highest BCUT2D eigenvalue weighted by molar-refractivity contribution is 5.92. The van der Waals surface area contributed by atoms with Gasteiger partial charge in [0.25, 0.3) is 5.91 Å². The molecule has 0 bridgehead atoms. The molecule has 6 heteroatoms. The molecular weight excluding hydrogens is 302 g/mol. The van der Waals surface area contributed by atoms with E-state index < -0.39 is 0 Å². The number of anilines is 1. The molecule has 1 amide bonds. The van der Waals surface area contributed by atoms with Gasteiger partial charge in [-0.25, -0.2) is 0 Å². The lowest BCUT2D eigenvalue weighted by atomic mass is 9.97. The van der Waals surface area contributed by atoms with Crippen molar-refractivity contribution in [1.29, 1.82) is 0 Å². The van der Waals surface area contributed by atoms with Gasteiger partial charge in [-0.05, 0) is 51.3 Å². The van der Waals surface area contributed by atoms with E-state index in [0.29, 0.717) is 12.2 Å². The van der Waals surface area contributed by atoms with Crippen molar-refractivity contribution in [3.63, 3.8) is 0 Å². The number of piperazine rings is 1. The first-order valence-corrected chi connectivity index (χ1v) is 8.96. The van der Waals surface area contributed by atoms with Gasteiger partial charge >= 0.3 is 0 Å². The Morgan fingerprint density at radius 2 is 2.00 bits per heavy atom. The van der Waals surface area contributed by atoms with Gasteiger partial charge in [-0.2, -0.15) is 0 Å². The van der Waals surface area contributed by atoms with Crippen LogP contribution in [-0.4, -0.2) is 60.8 Å². The van der Waals surface area contributed by atoms with Crippen LogP contribution in [0, 0.1) is 0 Å². The smallest absolute Gasteiger partial charge is 0.271 e. The third kappa shape index (κ3) is 4.54. The maximum atomic E-state index is 12.2. The second-order valence-corrected chi connectivity index (χ2v) is 6.68. The molecule has 3 rings (SSSR count). The molecule has 1 N–H and O–H groups in total. The van der Waals surface area contributed by atoms with E-state index in [-0.39, 0.29) is 5.91 Å². The molecule has 1 aliphatic heterocycles. The predicted octanol–water partition coefficient (Wildman–Crippen LogP) is 1.85. The second kappa shape index (κ2) is 8.24. The first kappa shape index (κ1) is 16.9. The Morgan fingerprint density at radius 1 is 1.17 bits per heavy atom. The zero-order valence-corrected chi connectivity index (χ0v) is 14.5. The second-order valence-electron chi connectivity index (χ2n) is 6.68. The molecule has 0 radical (unpaired) electrons. The summed E-state index contributed by atoms with van der Waals surface area (Å²) < 4.78 is 0. The third-order valence-corrected chi connectivity index (χ3v) is 4.83. The standard InChI is InChI=1S/C18H27N5O/c1-22-11-13-23(14-12-22)17-8-7-16(20-21-17)18(24)19-10-9-15-5-3-2-4-6-15/h5,7-8H,2-4,6,9-14H2,1H3,(H,19,24). The lowest BCUT2D eigenvalue weighted by molar-refractivity contribution is 0.0948. The number of nitrogens with one attached hydrogen (secondary N) is 1. The Hall–Kier alpha value is -1.95. The van der Waals surface area contributed by atoms with E-state index in [1.807, 2.05) is 6.07 Å². The van der Waals surface area contributed by atoms with Gasteiger partial charge in [0.15, 0.2) is 11.5 Å². The highest BCUT2D eigenvalue weighted by Gasteiger charge is 2.16. The van der Waals surface area contributed by atoms with E-state index in [1.165, 1.54) is 31.3 Å². The van der Waals surface area contributed by atoms with E-state index in [4.69, 9.17) is 0 Å². The molecule has 130 valence electrons. The summed E-state index contributed by atoms with van der Waals surface area (Å²) in [4.78, 5) is 16.7. The van der Waals surface area contributed by atoms with Crippen molar-refractivity contribution in [1.82, 2.24) is 20.4 Å². The van der Waals surface area contributed by atoms with Crippen molar-refractivity contribution in [3.05, 3.63) is 29.5 Å². The monoisotopic (exact) mass is 329 g/mol. The van der Waals surface area contributed by atoms with Gasteiger partial charge in [-0.1, -0.05) is 11.6 Å². The van der Waals surface area contributed by atoms with Crippen molar-refractivity contribution in [2.24, 2.45) is 0 Å². The Bertz CT molecular complexity index is 576. The fraction of sp³-hybridized carbons (Fsp3) is 0.611. The van der Waals surface area contributed by atoms with Gasteiger partial charge in [-0.3, -0.25) is 4.79 Å². The minimum atomic E-state index is -0.135. The number of amides is 1. The first-order chi connectivity index (χ1) is 11.7. The fourth-order valence-corrected chi connectivity index (χ4v) is 3.21. The molecule has 1 saturated heterocycles. The number of rotatable bonds is 5. The minimum absolute atomic E-state index is 0.135. The largest absolute Gasteiger partial charge is 0.353 e. The van der Waals surface area contributed by atoms with Gasteiger partial charge in [0, 0.05) is 32.7 Å². The molecular formula is C18H27N5O. The van der Waals surface area contributed by atoms with Crippen molar-refractivity contribution in [2.75, 3.05) is 44.7 Å². The summed E-state index contributed by atoms with van der Waals surface area (Å²) in [5, 5.41) is 11.3. The summed E-state index contributed by atoms with van der Waals surface area (Å²) in [6.07, 6.45) is 8.20. The molecule has 0 aromatic carbocycles. The van der Waals surface area contributed by atoms with Crippen molar-refractivity contribution >= 4 is 11.7 Å². The first-order valence-electron chi connectivity index (χ1n) is 8.96. The van der Waals surface area contributed by atoms with E-state index in [2.05, 4.69) is 38.4 Å². The molecule has 1 aliphatic carbocycles. The number of hydrogen-bond donors (Lipinski definition) is 1. The molecule has 1 fully saturated rings. The normalized spacial score (nSPS) is 19.0. The number of likely N-dealkylation sites (N-methyl/N-ethyl adjacent to an activating group) is 1. The lowest BCUT2D eigenvalue weighted by Gasteiger charge is -2.32. The molecule has 0 atom stereocenters. The zero-order valence-electron chi connectivity index (χ0n) is 14.5. The van der Waals surface area contributed by atoms with Crippen molar-refractivity contribution in [2.45, 2.75) is 32.1 Å². The topological polar surface area (TPSA) is 61.4 Å². The number of aromatic nitrogens is 2. The van der Waals surface area contributed by atoms with Gasteiger partial charge in [0.05, 0.1) is 0 Å². The molecule has 0 saturated carbocycles. The summed E-state index contributed by atoms with van der Waals surface area (Å²) in [6, 6.07) is 3.67. The maximum absolute atomic E-state index is 12.2. The molecule has 24 heavy (non-hydrogen) atoms. The highest BCUT2D eigenvalue weighted by atomic mass is 16.1. The minimum Gasteiger partial charge on any atom is -0.353 e. The average molecular weight is 329 g/mol. The zero-order chi connectivity index (χ0) is 16.8. The molecule has 1 aromatic rings. The van der Waals surface area contributed by atoms with Gasteiger partial charge in [0.2, 0.25) is 0 Å². The maximum Gasteiger partial charge on any atom is 0.271 e. The van der Waals surface area contributed by atoms with Crippen LogP contribution in [0.15, 0.2) is 23.8 Å². The molecule has 2 aliphatic rings. The van der Waals surface area contributed by atoms with Crippen LogP contribution in [0.3, 0.4) is 0 Å². The molecule has 0 spiro atoms. The van der Waals surface area contributed by atoms with Gasteiger partial charge < -0.3 is 15.1 Å². The van der Waals surface area contributed by atoms with Crippen LogP contribution < -0.4 is 10.2 Å². The van der Waals surface area contributed by atoms with Crippen molar-refractivity contribution < 1.29 is 4.79 Å². The third-order valence-electron chi connectivity index (χ3n) is 4.83. The summed E-state index contributed by atoms with van der Waals surface area (Å²) in [5.41, 5.74) is 1.86. The molecule has 1 aromatic heterocycles. The predicted molar refractivity (Wildman–Crippen MR) is 95.2 cm³/mol. The molecule has 2 heterocycles. The lowest BCUT2D eigenvalue weighted by Crippen LogP contribution is -2.44. The van der Waals surface area contributed by atoms with E-state index in [9.17, 15) is 4.79 Å². The summed E-state index contributed by atoms with van der Waals surface area (Å²) in [6.45, 7) is 4.63. The summed E-state index contributed by atoms with van der Waals surface area (Å²) >= 11 is 0. The fourth-order valence-electron chi connectivity index (χ4n) is 3.21. The molecule has 0 unspecified atom stereocenters. The highest BCUT2D eigenvalue weighted by Crippen LogP contribution is 2.19. The van der Waals surface area contributed by atoms with Gasteiger partial charge in [0.1, 0.15) is 0 Å². The Morgan fingerprint density at radius 3 is 2.67 bits per heavy atom. The van der Waals surface area contributed by atoms with Crippen molar-refractivity contribution in [3.8, 4) is 0 Å². The van der Waals surface area contributed by atoms with Crippen LogP contribution in [0.4, 0.5) is 5.82 Å². The van der Waals surface area contributed by atoms with Crippen LogP contribution >= 0.6 is 0 Å². The SMILES string of the molecule is CN1CCN(c2ccc(C(=O)NCCC3=CCCCC3)nn2)CC1. The van der Waals surface area contributed by atoms with Crippen LogP contribution in [0.2, 0.25) is 0 Å². The quantitative estimate of drug-likeness (QED) is 0.836. The van der Waals surface area contributed by atoms with E-state index >= 15 is 0 Å². The number of carbonyl (C=O) groups excluding carboxylic acids is 1. The Balaban J connectivity index is 1.47. The number of allylic oxidation sites excluding steroid dienone is 1. The summed E-state index contributed by atoms with van der Waals surface area (Å²) in [7, 11) is 2.12. The van der Waals surface area contributed by atoms with Crippen LogP contribution in [0.25, 0.3) is 0 Å². The van der Waals surface area contributed by atoms with Crippen LogP contribution in [-0.2, 0) is 0 Å². The average Bonchev–Trinajstić information content (AvgIpc) is 2.63. The van der Waals surface area contributed by atoms with Crippen LogP contribution in [0.5, 0.6) is 0 Å². The van der Waals surface area contributed by atoms with Crippen LogP contribution in [0.1, 0.15) is 42.6 Å². The van der Waals surface area contributed by atoms with E-state index in [0.717, 1.165) is 38.4 Å². The molecule has 6 nitrogen and oxygen atoms in total. The van der Waals surface area contributed by atoms with Gasteiger partial charge in [-0.15, -0.1) is 10.2 Å². The number of carbonyl (C=O) groups is 1. The summed E-state index contributed by atoms with van der Waals surface area (Å²) in [5.74, 6) is 0.718. The number of hydrogen-bond acceptors (Lipinski definition) is 5. The Kier molecular flexibility index (Phi) is 5.80. The Labute approximate surface area is 143 Å². The van der Waals surface area contributed by atoms with E-state index in [1.54, 1.807) is 6.07 Å².